The monoisotopic (exact) mass is 592 g/mol. The van der Waals surface area contributed by atoms with E-state index in [-0.39, 0.29) is 12.0 Å². The van der Waals surface area contributed by atoms with Gasteiger partial charge in [-0.25, -0.2) is 9.78 Å². The largest absolute Gasteiger partial charge is 0.439 e. The SMILES string of the molecule is CCCCc1nc(C)c(Cc2nc(C3CC4CCC3C4)no2)c(=O)n1Cc1ccc(-c2ccccc2-c2noc(=O)[nH]2)cc1. The Kier molecular flexibility index (Phi) is 7.57. The number of H-pyrrole nitrogens is 1. The number of nitrogens with zero attached hydrogens (tertiary/aromatic N) is 5. The zero-order chi connectivity index (χ0) is 30.2. The van der Waals surface area contributed by atoms with E-state index in [1.54, 1.807) is 4.57 Å². The maximum absolute atomic E-state index is 14.0. The van der Waals surface area contributed by atoms with Crippen molar-refractivity contribution in [3.8, 4) is 22.5 Å². The van der Waals surface area contributed by atoms with Crippen LogP contribution in [0.4, 0.5) is 0 Å². The summed E-state index contributed by atoms with van der Waals surface area (Å²) < 4.78 is 12.2. The van der Waals surface area contributed by atoms with Crippen LogP contribution in [0.2, 0.25) is 0 Å². The molecule has 5 aromatic rings. The lowest BCUT2D eigenvalue weighted by Gasteiger charge is -2.17. The van der Waals surface area contributed by atoms with Gasteiger partial charge in [0.1, 0.15) is 5.82 Å². The molecule has 2 fully saturated rings. The Morgan fingerprint density at radius 3 is 2.48 bits per heavy atom. The van der Waals surface area contributed by atoms with Crippen LogP contribution in [-0.2, 0) is 19.4 Å². The summed E-state index contributed by atoms with van der Waals surface area (Å²) in [6.07, 6.45) is 7.95. The lowest BCUT2D eigenvalue weighted by molar-refractivity contribution is 0.354. The van der Waals surface area contributed by atoms with E-state index in [1.165, 1.54) is 19.3 Å². The van der Waals surface area contributed by atoms with Crippen molar-refractivity contribution in [2.24, 2.45) is 11.8 Å². The second-order valence-electron chi connectivity index (χ2n) is 12.3. The van der Waals surface area contributed by atoms with Gasteiger partial charge in [0.05, 0.1) is 13.0 Å². The van der Waals surface area contributed by atoms with Gasteiger partial charge in [0.2, 0.25) is 5.89 Å². The molecule has 2 bridgehead atoms. The molecule has 0 saturated heterocycles. The van der Waals surface area contributed by atoms with Crippen molar-refractivity contribution in [1.29, 1.82) is 0 Å². The molecule has 3 heterocycles. The molecule has 3 aromatic heterocycles. The molecule has 2 aromatic carbocycles. The second-order valence-corrected chi connectivity index (χ2v) is 12.3. The van der Waals surface area contributed by atoms with Crippen LogP contribution in [0.1, 0.15) is 85.7 Å². The first-order chi connectivity index (χ1) is 21.5. The predicted octanol–water partition coefficient (Wildman–Crippen LogP) is 5.83. The highest BCUT2D eigenvalue weighted by Crippen LogP contribution is 2.52. The Morgan fingerprint density at radius 2 is 1.77 bits per heavy atom. The van der Waals surface area contributed by atoms with Crippen LogP contribution in [0.3, 0.4) is 0 Å². The fraction of sp³-hybridized carbons (Fsp3) is 0.412. The maximum Gasteiger partial charge on any atom is 0.439 e. The van der Waals surface area contributed by atoms with Gasteiger partial charge in [-0.05, 0) is 61.1 Å². The van der Waals surface area contributed by atoms with Crippen LogP contribution in [0.15, 0.2) is 67.2 Å². The molecule has 2 aliphatic carbocycles. The highest BCUT2D eigenvalue weighted by Gasteiger charge is 2.42. The van der Waals surface area contributed by atoms with E-state index in [0.29, 0.717) is 35.7 Å². The third kappa shape index (κ3) is 5.44. The van der Waals surface area contributed by atoms with E-state index in [2.05, 4.69) is 22.2 Å². The summed E-state index contributed by atoms with van der Waals surface area (Å²) in [5, 5.41) is 8.20. The number of unbranched alkanes of at least 4 members (excludes halogenated alkanes) is 1. The van der Waals surface area contributed by atoms with Crippen LogP contribution in [0.25, 0.3) is 22.5 Å². The summed E-state index contributed by atoms with van der Waals surface area (Å²) in [5.41, 5.74) is 4.86. The lowest BCUT2D eigenvalue weighted by atomic mass is 9.88. The van der Waals surface area contributed by atoms with Gasteiger partial charge in [-0.15, -0.1) is 0 Å². The predicted molar refractivity (Wildman–Crippen MR) is 164 cm³/mol. The summed E-state index contributed by atoms with van der Waals surface area (Å²) in [6.45, 7) is 4.44. The van der Waals surface area contributed by atoms with Crippen LogP contribution in [-0.4, -0.2) is 29.8 Å². The third-order valence-electron chi connectivity index (χ3n) is 9.41. The summed E-state index contributed by atoms with van der Waals surface area (Å²) in [4.78, 5) is 37.9. The number of aromatic amines is 1. The first-order valence-electron chi connectivity index (χ1n) is 15.6. The molecule has 3 atom stereocenters. The second kappa shape index (κ2) is 11.8. The van der Waals surface area contributed by atoms with Gasteiger partial charge in [-0.2, -0.15) is 4.98 Å². The standard InChI is InChI=1S/C34H36N6O4/c1-3-4-9-29-35-20(2)27(18-30-36-32(38-43-30)28-17-22-12-15-24(28)16-22)33(41)40(29)19-21-10-13-23(14-11-21)25-7-5-6-8-26(25)31-37-34(42)44-39-31/h5-8,10-11,13-14,22,24,28H,3-4,9,12,15-19H2,1-2H3,(H,37,39,42). The minimum absolute atomic E-state index is 0.0623. The molecular weight excluding hydrogens is 556 g/mol. The molecule has 0 amide bonds. The van der Waals surface area contributed by atoms with E-state index >= 15 is 0 Å². The average molecular weight is 593 g/mol. The first kappa shape index (κ1) is 28.2. The zero-order valence-electron chi connectivity index (χ0n) is 25.1. The topological polar surface area (TPSA) is 133 Å². The minimum Gasteiger partial charge on any atom is -0.339 e. The van der Waals surface area contributed by atoms with Crippen molar-refractivity contribution < 1.29 is 9.05 Å². The Balaban J connectivity index is 1.16. The summed E-state index contributed by atoms with van der Waals surface area (Å²) in [7, 11) is 0. The summed E-state index contributed by atoms with van der Waals surface area (Å²) in [6, 6.07) is 15.8. The molecule has 10 nitrogen and oxygen atoms in total. The number of nitrogens with one attached hydrogen (secondary N) is 1. The van der Waals surface area contributed by atoms with Gasteiger partial charge >= 0.3 is 5.76 Å². The van der Waals surface area contributed by atoms with Crippen molar-refractivity contribution in [2.45, 2.75) is 77.7 Å². The van der Waals surface area contributed by atoms with Gasteiger partial charge in [0, 0.05) is 29.2 Å². The fourth-order valence-electron chi connectivity index (χ4n) is 7.11. The Bertz CT molecular complexity index is 1900. The fourth-order valence-corrected chi connectivity index (χ4v) is 7.11. The maximum atomic E-state index is 14.0. The number of aryl methyl sites for hydroxylation is 2. The van der Waals surface area contributed by atoms with Crippen molar-refractivity contribution in [1.82, 2.24) is 29.8 Å². The van der Waals surface area contributed by atoms with Gasteiger partial charge in [-0.1, -0.05) is 78.6 Å². The van der Waals surface area contributed by atoms with Gasteiger partial charge in [0.15, 0.2) is 11.6 Å². The van der Waals surface area contributed by atoms with Gasteiger partial charge in [0.25, 0.3) is 5.56 Å². The van der Waals surface area contributed by atoms with Crippen molar-refractivity contribution in [2.75, 3.05) is 0 Å². The Morgan fingerprint density at radius 1 is 0.955 bits per heavy atom. The van der Waals surface area contributed by atoms with Crippen LogP contribution >= 0.6 is 0 Å². The van der Waals surface area contributed by atoms with E-state index in [0.717, 1.165) is 71.2 Å². The van der Waals surface area contributed by atoms with Crippen LogP contribution < -0.4 is 11.3 Å². The Labute approximate surface area is 254 Å². The zero-order valence-corrected chi connectivity index (χ0v) is 25.1. The van der Waals surface area contributed by atoms with Crippen LogP contribution in [0, 0.1) is 18.8 Å². The van der Waals surface area contributed by atoms with Crippen molar-refractivity contribution in [3.05, 3.63) is 104 Å². The molecular formula is C34H36N6O4. The third-order valence-corrected chi connectivity index (χ3v) is 9.41. The molecule has 2 aliphatic rings. The van der Waals surface area contributed by atoms with Crippen molar-refractivity contribution in [3.63, 3.8) is 0 Å². The van der Waals surface area contributed by atoms with E-state index in [4.69, 9.17) is 19.0 Å². The van der Waals surface area contributed by atoms with Crippen molar-refractivity contribution >= 4 is 0 Å². The number of fused-ring (bicyclic) bond motifs is 2. The number of hydrogen-bond donors (Lipinski definition) is 1. The highest BCUT2D eigenvalue weighted by molar-refractivity contribution is 5.80. The molecule has 44 heavy (non-hydrogen) atoms. The number of aromatic nitrogens is 6. The number of benzene rings is 2. The summed E-state index contributed by atoms with van der Waals surface area (Å²) >= 11 is 0. The van der Waals surface area contributed by atoms with E-state index < -0.39 is 5.76 Å². The Hall–Kier alpha value is -4.60. The highest BCUT2D eigenvalue weighted by atomic mass is 16.5. The molecule has 226 valence electrons. The minimum atomic E-state index is -0.597. The molecule has 0 aliphatic heterocycles. The molecule has 1 N–H and O–H groups in total. The van der Waals surface area contributed by atoms with E-state index in [1.807, 2.05) is 55.5 Å². The smallest absolute Gasteiger partial charge is 0.339 e. The molecule has 0 radical (unpaired) electrons. The number of rotatable bonds is 10. The number of hydrogen-bond acceptors (Lipinski definition) is 8. The molecule has 7 rings (SSSR count). The first-order valence-corrected chi connectivity index (χ1v) is 15.6. The summed E-state index contributed by atoms with van der Waals surface area (Å²) in [5.74, 6) is 3.69. The van der Waals surface area contributed by atoms with Crippen LogP contribution in [0.5, 0.6) is 0 Å². The molecule has 3 unspecified atom stereocenters. The van der Waals surface area contributed by atoms with Gasteiger partial charge in [-0.3, -0.25) is 18.9 Å². The quantitative estimate of drug-likeness (QED) is 0.214. The lowest BCUT2D eigenvalue weighted by Crippen LogP contribution is -2.30. The van der Waals surface area contributed by atoms with Gasteiger partial charge < -0.3 is 4.52 Å². The van der Waals surface area contributed by atoms with E-state index in [9.17, 15) is 9.59 Å². The average Bonchev–Trinajstić information content (AvgIpc) is 3.86. The molecule has 0 spiro atoms. The molecule has 2 saturated carbocycles. The normalized spacial score (nSPS) is 19.2. The molecule has 10 heteroatoms.